The zero-order chi connectivity index (χ0) is 17.4. The first-order valence-corrected chi connectivity index (χ1v) is 8.05. The lowest BCUT2D eigenvalue weighted by atomic mass is 10.00. The highest BCUT2D eigenvalue weighted by molar-refractivity contribution is 5.73. The van der Waals surface area contributed by atoms with Crippen molar-refractivity contribution in [3.63, 3.8) is 0 Å². The molecule has 24 heavy (non-hydrogen) atoms. The molecule has 2 heterocycles. The molecule has 6 heteroatoms. The average Bonchev–Trinajstić information content (AvgIpc) is 2.98. The second-order valence-electron chi connectivity index (χ2n) is 6.38. The molecule has 0 bridgehead atoms. The fourth-order valence-electron chi connectivity index (χ4n) is 3.35. The van der Waals surface area contributed by atoms with Crippen LogP contribution in [0.3, 0.4) is 0 Å². The van der Waals surface area contributed by atoms with Gasteiger partial charge in [-0.05, 0) is 44.7 Å². The first kappa shape index (κ1) is 16.2. The Kier molecular flexibility index (Phi) is 4.13. The lowest BCUT2D eigenvalue weighted by molar-refractivity contribution is -0.140. The third-order valence-corrected chi connectivity index (χ3v) is 4.61. The predicted molar refractivity (Wildman–Crippen MR) is 91.4 cm³/mol. The Morgan fingerprint density at radius 2 is 2.17 bits per heavy atom. The van der Waals surface area contributed by atoms with Gasteiger partial charge in [0.25, 0.3) is 5.56 Å². The quantitative estimate of drug-likeness (QED) is 0.902. The third kappa shape index (κ3) is 2.79. The summed E-state index contributed by atoms with van der Waals surface area (Å²) in [5, 5.41) is 12.7. The number of nitrogens with one attached hydrogen (secondary N) is 1. The molecule has 1 aromatic heterocycles. The van der Waals surface area contributed by atoms with Crippen LogP contribution in [0.5, 0.6) is 0 Å². The molecule has 0 saturated heterocycles. The SMILES string of the molecule is Cc1ccc(C)c([C@@H](C)Nc2ncc(=O)n3c2CCC3C(=O)O)c1. The number of anilines is 1. The summed E-state index contributed by atoms with van der Waals surface area (Å²) in [5.41, 5.74) is 3.83. The fourth-order valence-corrected chi connectivity index (χ4v) is 3.35. The number of fused-ring (bicyclic) bond motifs is 1. The smallest absolute Gasteiger partial charge is 0.326 e. The summed E-state index contributed by atoms with van der Waals surface area (Å²) >= 11 is 0. The molecule has 2 atom stereocenters. The molecule has 1 unspecified atom stereocenters. The maximum absolute atomic E-state index is 12.0. The molecule has 0 aliphatic carbocycles. The topological polar surface area (TPSA) is 84.2 Å². The number of rotatable bonds is 4. The van der Waals surface area contributed by atoms with E-state index in [1.807, 2.05) is 13.8 Å². The largest absolute Gasteiger partial charge is 0.480 e. The van der Waals surface area contributed by atoms with E-state index in [2.05, 4.69) is 35.4 Å². The Balaban J connectivity index is 1.96. The van der Waals surface area contributed by atoms with E-state index < -0.39 is 12.0 Å². The molecule has 1 aromatic carbocycles. The van der Waals surface area contributed by atoms with Crippen molar-refractivity contribution in [2.24, 2.45) is 0 Å². The fraction of sp³-hybridized carbons (Fsp3) is 0.389. The monoisotopic (exact) mass is 327 g/mol. The van der Waals surface area contributed by atoms with Crippen LogP contribution in [0.4, 0.5) is 5.82 Å². The Morgan fingerprint density at radius 1 is 1.42 bits per heavy atom. The molecule has 0 radical (unpaired) electrons. The normalized spacial score (nSPS) is 17.4. The maximum Gasteiger partial charge on any atom is 0.326 e. The number of carbonyl (C=O) groups is 1. The number of nitrogens with zero attached hydrogens (tertiary/aromatic N) is 2. The lowest BCUT2D eigenvalue weighted by Gasteiger charge is -2.20. The number of aryl methyl sites for hydroxylation is 2. The van der Waals surface area contributed by atoms with E-state index in [9.17, 15) is 14.7 Å². The molecule has 0 saturated carbocycles. The van der Waals surface area contributed by atoms with Gasteiger partial charge in [-0.3, -0.25) is 9.36 Å². The predicted octanol–water partition coefficient (Wildman–Crippen LogP) is 2.61. The zero-order valence-corrected chi connectivity index (χ0v) is 14.0. The molecular formula is C18H21N3O3. The standard InChI is InChI=1S/C18H21N3O3/c1-10-4-5-11(2)13(8-10)12(3)20-17-14-6-7-15(18(23)24)21(14)16(22)9-19-17/h4-5,8-9,12,15,20H,6-7H2,1-3H3,(H,23,24)/t12-,15?/m1/s1. The van der Waals surface area contributed by atoms with Crippen LogP contribution in [-0.4, -0.2) is 20.6 Å². The molecule has 1 aliphatic rings. The van der Waals surface area contributed by atoms with E-state index >= 15 is 0 Å². The second-order valence-corrected chi connectivity index (χ2v) is 6.38. The van der Waals surface area contributed by atoms with Crippen LogP contribution in [0.25, 0.3) is 0 Å². The number of carboxylic acid groups (broad SMARTS) is 1. The highest BCUT2D eigenvalue weighted by Gasteiger charge is 2.31. The van der Waals surface area contributed by atoms with Gasteiger partial charge in [0.1, 0.15) is 11.9 Å². The van der Waals surface area contributed by atoms with E-state index in [-0.39, 0.29) is 11.6 Å². The minimum atomic E-state index is -0.976. The van der Waals surface area contributed by atoms with Crippen LogP contribution in [0, 0.1) is 13.8 Å². The summed E-state index contributed by atoms with van der Waals surface area (Å²) in [6, 6.07) is 5.48. The van der Waals surface area contributed by atoms with E-state index in [0.29, 0.717) is 24.4 Å². The molecule has 3 rings (SSSR count). The lowest BCUT2D eigenvalue weighted by Crippen LogP contribution is -2.28. The first-order chi connectivity index (χ1) is 11.4. The summed E-state index contributed by atoms with van der Waals surface area (Å²) in [6.07, 6.45) is 2.15. The molecule has 0 amide bonds. The molecule has 1 aliphatic heterocycles. The maximum atomic E-state index is 12.0. The summed E-state index contributed by atoms with van der Waals surface area (Å²) in [4.78, 5) is 27.6. The van der Waals surface area contributed by atoms with Gasteiger partial charge in [-0.25, -0.2) is 9.78 Å². The molecule has 0 spiro atoms. The Bertz CT molecular complexity index is 857. The van der Waals surface area contributed by atoms with Crippen molar-refractivity contribution < 1.29 is 9.90 Å². The van der Waals surface area contributed by atoms with Crippen molar-refractivity contribution in [3.8, 4) is 0 Å². The number of hydrogen-bond donors (Lipinski definition) is 2. The van der Waals surface area contributed by atoms with Crippen LogP contribution in [-0.2, 0) is 11.2 Å². The number of carboxylic acids is 1. The summed E-state index contributed by atoms with van der Waals surface area (Å²) in [7, 11) is 0. The molecule has 0 fully saturated rings. The highest BCUT2D eigenvalue weighted by Crippen LogP contribution is 2.30. The van der Waals surface area contributed by atoms with Crippen molar-refractivity contribution in [2.45, 2.75) is 45.7 Å². The van der Waals surface area contributed by atoms with Crippen LogP contribution in [0.2, 0.25) is 0 Å². The number of aromatic nitrogens is 2. The minimum absolute atomic E-state index is 0.00322. The van der Waals surface area contributed by atoms with Gasteiger partial charge in [0.2, 0.25) is 0 Å². The summed E-state index contributed by atoms with van der Waals surface area (Å²) in [6.45, 7) is 6.14. The van der Waals surface area contributed by atoms with Crippen molar-refractivity contribution in [3.05, 3.63) is 57.1 Å². The summed E-state index contributed by atoms with van der Waals surface area (Å²) in [5.74, 6) is -0.387. The van der Waals surface area contributed by atoms with Crippen molar-refractivity contribution >= 4 is 11.8 Å². The second kappa shape index (κ2) is 6.11. The van der Waals surface area contributed by atoms with Crippen LogP contribution >= 0.6 is 0 Å². The Morgan fingerprint density at radius 3 is 2.88 bits per heavy atom. The van der Waals surface area contributed by atoms with Gasteiger partial charge >= 0.3 is 5.97 Å². The van der Waals surface area contributed by atoms with Crippen molar-refractivity contribution in [1.82, 2.24) is 9.55 Å². The average molecular weight is 327 g/mol. The van der Waals surface area contributed by atoms with Gasteiger partial charge < -0.3 is 10.4 Å². The van der Waals surface area contributed by atoms with E-state index in [1.54, 1.807) is 0 Å². The van der Waals surface area contributed by atoms with Gasteiger partial charge in [-0.1, -0.05) is 23.8 Å². The Hall–Kier alpha value is -2.63. The van der Waals surface area contributed by atoms with Crippen molar-refractivity contribution in [1.29, 1.82) is 0 Å². The van der Waals surface area contributed by atoms with Crippen LogP contribution < -0.4 is 10.9 Å². The number of benzene rings is 1. The number of hydrogen-bond acceptors (Lipinski definition) is 4. The van der Waals surface area contributed by atoms with E-state index in [4.69, 9.17) is 0 Å². The van der Waals surface area contributed by atoms with E-state index in [0.717, 1.165) is 5.56 Å². The van der Waals surface area contributed by atoms with Gasteiger partial charge in [-0.15, -0.1) is 0 Å². The Labute approximate surface area is 140 Å². The zero-order valence-electron chi connectivity index (χ0n) is 14.0. The first-order valence-electron chi connectivity index (χ1n) is 8.05. The molecular weight excluding hydrogens is 306 g/mol. The van der Waals surface area contributed by atoms with Gasteiger partial charge in [-0.2, -0.15) is 0 Å². The van der Waals surface area contributed by atoms with Crippen molar-refractivity contribution in [2.75, 3.05) is 5.32 Å². The third-order valence-electron chi connectivity index (χ3n) is 4.61. The van der Waals surface area contributed by atoms with Crippen LogP contribution in [0.1, 0.15) is 47.8 Å². The van der Waals surface area contributed by atoms with Gasteiger partial charge in [0.05, 0.1) is 17.9 Å². The summed E-state index contributed by atoms with van der Waals surface area (Å²) < 4.78 is 1.35. The van der Waals surface area contributed by atoms with Crippen LogP contribution in [0.15, 0.2) is 29.2 Å². The van der Waals surface area contributed by atoms with Gasteiger partial charge in [0.15, 0.2) is 0 Å². The van der Waals surface area contributed by atoms with E-state index in [1.165, 1.54) is 21.9 Å². The molecule has 2 N–H and O–H groups in total. The van der Waals surface area contributed by atoms with Gasteiger partial charge in [0, 0.05) is 0 Å². The number of aliphatic carboxylic acids is 1. The molecule has 6 nitrogen and oxygen atoms in total. The minimum Gasteiger partial charge on any atom is -0.480 e. The molecule has 2 aromatic rings. The highest BCUT2D eigenvalue weighted by atomic mass is 16.4. The molecule has 126 valence electrons.